The van der Waals surface area contributed by atoms with Gasteiger partial charge >= 0.3 is 6.18 Å². The number of aliphatic hydroxyl groups excluding tert-OH is 1. The number of ether oxygens (including phenoxy) is 1. The molecule has 1 saturated heterocycles. The van der Waals surface area contributed by atoms with Crippen molar-refractivity contribution in [2.45, 2.75) is 44.1 Å². The number of carbonyl (C=O) groups excluding carboxylic acids is 1. The molecule has 3 atom stereocenters. The van der Waals surface area contributed by atoms with E-state index in [0.29, 0.717) is 5.57 Å². The zero-order valence-corrected chi connectivity index (χ0v) is 14.1. The minimum Gasteiger partial charge on any atom is -0.388 e. The second-order valence-corrected chi connectivity index (χ2v) is 6.54. The molecule has 1 aliphatic carbocycles. The number of ketones is 1. The summed E-state index contributed by atoms with van der Waals surface area (Å²) < 4.78 is 44.6. The molecule has 3 rings (SSSR count). The Kier molecular flexibility index (Phi) is 5.58. The lowest BCUT2D eigenvalue weighted by Crippen LogP contribution is -2.29. The molecule has 4 nitrogen and oxygen atoms in total. The summed E-state index contributed by atoms with van der Waals surface area (Å²) in [6, 6.07) is 1.99. The molecule has 1 aromatic rings. The smallest absolute Gasteiger partial charge is 0.388 e. The zero-order chi connectivity index (χ0) is 18.7. The van der Waals surface area contributed by atoms with E-state index in [1.807, 2.05) is 12.2 Å². The first-order chi connectivity index (χ1) is 12.4. The molecule has 1 N–H and O–H groups in total. The van der Waals surface area contributed by atoms with Crippen molar-refractivity contribution < 1.29 is 27.8 Å². The Balaban J connectivity index is 1.63. The Labute approximate surface area is 149 Å². The van der Waals surface area contributed by atoms with Gasteiger partial charge in [-0.15, -0.1) is 0 Å². The molecule has 1 aromatic heterocycles. The van der Waals surface area contributed by atoms with Gasteiger partial charge in [-0.05, 0) is 37.0 Å². The fourth-order valence-corrected chi connectivity index (χ4v) is 3.34. The summed E-state index contributed by atoms with van der Waals surface area (Å²) in [6.45, 7) is 0.720. The van der Waals surface area contributed by atoms with Crippen LogP contribution in [0, 0.1) is 5.92 Å². The Bertz CT molecular complexity index is 727. The number of aliphatic hydroxyl groups is 1. The molecule has 3 unspecified atom stereocenters. The summed E-state index contributed by atoms with van der Waals surface area (Å²) >= 11 is 0. The predicted molar refractivity (Wildman–Crippen MR) is 88.5 cm³/mol. The van der Waals surface area contributed by atoms with Gasteiger partial charge in [-0.25, -0.2) is 0 Å². The highest BCUT2D eigenvalue weighted by molar-refractivity contribution is 5.95. The van der Waals surface area contributed by atoms with Gasteiger partial charge in [0.15, 0.2) is 5.78 Å². The van der Waals surface area contributed by atoms with Gasteiger partial charge < -0.3 is 9.84 Å². The molecule has 1 aliphatic heterocycles. The van der Waals surface area contributed by atoms with Crippen LogP contribution in [0.15, 0.2) is 42.1 Å². The third kappa shape index (κ3) is 4.22. The normalized spacial score (nSPS) is 23.9. The van der Waals surface area contributed by atoms with Crippen molar-refractivity contribution in [1.82, 2.24) is 4.98 Å². The second kappa shape index (κ2) is 7.72. The third-order valence-electron chi connectivity index (χ3n) is 4.71. The monoisotopic (exact) mass is 367 g/mol. The minimum atomic E-state index is -4.64. The second-order valence-electron chi connectivity index (χ2n) is 6.54. The van der Waals surface area contributed by atoms with Gasteiger partial charge in [0.2, 0.25) is 0 Å². The van der Waals surface area contributed by atoms with E-state index in [-0.39, 0.29) is 24.9 Å². The number of carbonyl (C=O) groups is 1. The van der Waals surface area contributed by atoms with E-state index in [4.69, 9.17) is 4.74 Å². The van der Waals surface area contributed by atoms with Gasteiger partial charge in [0.05, 0.1) is 17.8 Å². The number of aromatic nitrogens is 1. The number of Topliss-reactive ketones (excluding diaryl/α,β-unsaturated/α-hetero) is 1. The van der Waals surface area contributed by atoms with E-state index in [0.717, 1.165) is 37.8 Å². The van der Waals surface area contributed by atoms with Gasteiger partial charge in [0.1, 0.15) is 5.69 Å². The van der Waals surface area contributed by atoms with E-state index in [9.17, 15) is 23.1 Å². The first-order valence-corrected chi connectivity index (χ1v) is 8.61. The lowest BCUT2D eigenvalue weighted by molar-refractivity contribution is -0.138. The Morgan fingerprint density at radius 1 is 1.42 bits per heavy atom. The van der Waals surface area contributed by atoms with Crippen LogP contribution in [0.3, 0.4) is 0 Å². The van der Waals surface area contributed by atoms with Crippen LogP contribution in [0.4, 0.5) is 13.2 Å². The summed E-state index contributed by atoms with van der Waals surface area (Å²) in [7, 11) is 0. The largest absolute Gasteiger partial charge is 0.418 e. The van der Waals surface area contributed by atoms with Crippen molar-refractivity contribution in [2.24, 2.45) is 5.92 Å². The zero-order valence-electron chi connectivity index (χ0n) is 14.1. The Morgan fingerprint density at radius 3 is 3.00 bits per heavy atom. The molecule has 7 heteroatoms. The topological polar surface area (TPSA) is 59.4 Å². The summed E-state index contributed by atoms with van der Waals surface area (Å²) in [5, 5.41) is 10.3. The van der Waals surface area contributed by atoms with Crippen LogP contribution in [0.2, 0.25) is 0 Å². The molecule has 26 heavy (non-hydrogen) atoms. The lowest BCUT2D eigenvalue weighted by Gasteiger charge is -2.31. The van der Waals surface area contributed by atoms with E-state index >= 15 is 0 Å². The van der Waals surface area contributed by atoms with Crippen molar-refractivity contribution in [1.29, 1.82) is 0 Å². The average Bonchev–Trinajstić information content (AvgIpc) is 2.64. The standard InChI is InChI=1S/C19H20F3NO3/c20-19(21,22)14-4-1-9-23-18(14)16(25)7-6-15(24)12-5-8-17-13(11-12)3-2-10-26-17/h1,4-5,8-9,11,13,15,17,24H,2-3,6-7,10H2. The minimum absolute atomic E-state index is 0.0178. The molecule has 0 amide bonds. The molecule has 0 spiro atoms. The third-order valence-corrected chi connectivity index (χ3v) is 4.71. The highest BCUT2D eigenvalue weighted by Gasteiger charge is 2.36. The molecular formula is C19H20F3NO3. The number of alkyl halides is 3. The van der Waals surface area contributed by atoms with Crippen LogP contribution >= 0.6 is 0 Å². The number of pyridine rings is 1. The Hall–Kier alpha value is -1.99. The van der Waals surface area contributed by atoms with E-state index < -0.39 is 29.3 Å². The molecule has 0 bridgehead atoms. The summed E-state index contributed by atoms with van der Waals surface area (Å²) in [5.41, 5.74) is -0.957. The van der Waals surface area contributed by atoms with Gasteiger partial charge in [-0.1, -0.05) is 18.2 Å². The molecule has 0 aromatic carbocycles. The van der Waals surface area contributed by atoms with E-state index in [1.54, 1.807) is 6.08 Å². The molecule has 2 aliphatic rings. The number of rotatable bonds is 5. The van der Waals surface area contributed by atoms with Crippen molar-refractivity contribution in [2.75, 3.05) is 6.61 Å². The van der Waals surface area contributed by atoms with E-state index in [1.165, 1.54) is 0 Å². The summed E-state index contributed by atoms with van der Waals surface area (Å²) in [4.78, 5) is 15.8. The highest BCUT2D eigenvalue weighted by Crippen LogP contribution is 2.32. The molecular weight excluding hydrogens is 347 g/mol. The first-order valence-electron chi connectivity index (χ1n) is 8.61. The van der Waals surface area contributed by atoms with Gasteiger partial charge in [-0.2, -0.15) is 13.2 Å². The van der Waals surface area contributed by atoms with Crippen molar-refractivity contribution in [3.8, 4) is 0 Å². The van der Waals surface area contributed by atoms with Crippen LogP contribution < -0.4 is 0 Å². The van der Waals surface area contributed by atoms with Gasteiger partial charge in [0.25, 0.3) is 0 Å². The van der Waals surface area contributed by atoms with Crippen LogP contribution in [-0.4, -0.2) is 34.7 Å². The number of hydrogen-bond acceptors (Lipinski definition) is 4. The van der Waals surface area contributed by atoms with Crippen molar-refractivity contribution in [3.05, 3.63) is 53.4 Å². The number of halogens is 3. The fourth-order valence-electron chi connectivity index (χ4n) is 3.34. The van der Waals surface area contributed by atoms with E-state index in [2.05, 4.69) is 4.98 Å². The van der Waals surface area contributed by atoms with Gasteiger partial charge in [-0.3, -0.25) is 9.78 Å². The van der Waals surface area contributed by atoms with Gasteiger partial charge in [0, 0.05) is 25.1 Å². The van der Waals surface area contributed by atoms with Crippen molar-refractivity contribution in [3.63, 3.8) is 0 Å². The van der Waals surface area contributed by atoms with Crippen LogP contribution in [0.5, 0.6) is 0 Å². The lowest BCUT2D eigenvalue weighted by atomic mass is 9.85. The molecule has 2 heterocycles. The first kappa shape index (κ1) is 18.8. The molecule has 140 valence electrons. The van der Waals surface area contributed by atoms with Crippen LogP contribution in [-0.2, 0) is 10.9 Å². The van der Waals surface area contributed by atoms with Crippen molar-refractivity contribution >= 4 is 5.78 Å². The maximum Gasteiger partial charge on any atom is 0.418 e. The molecule has 1 fully saturated rings. The number of hydrogen-bond donors (Lipinski definition) is 1. The SMILES string of the molecule is O=C(CCC(O)C1=CC2CCCOC2C=C1)c1ncccc1C(F)(F)F. The Morgan fingerprint density at radius 2 is 2.23 bits per heavy atom. The highest BCUT2D eigenvalue weighted by atomic mass is 19.4. The maximum atomic E-state index is 13.0. The molecule has 0 saturated carbocycles. The predicted octanol–water partition coefficient (Wildman–Crippen LogP) is 3.72. The van der Waals surface area contributed by atoms with Crippen LogP contribution in [0.1, 0.15) is 41.7 Å². The maximum absolute atomic E-state index is 13.0. The number of fused-ring (bicyclic) bond motifs is 1. The summed E-state index contributed by atoms with van der Waals surface area (Å²) in [5.74, 6) is -0.530. The number of nitrogens with zero attached hydrogens (tertiary/aromatic N) is 1. The summed E-state index contributed by atoms with van der Waals surface area (Å²) in [6.07, 6.45) is 2.99. The quantitative estimate of drug-likeness (QED) is 0.806. The molecule has 0 radical (unpaired) electrons. The fraction of sp³-hybridized carbons (Fsp3) is 0.474. The van der Waals surface area contributed by atoms with Crippen LogP contribution in [0.25, 0.3) is 0 Å². The average molecular weight is 367 g/mol.